The van der Waals surface area contributed by atoms with Crippen molar-refractivity contribution in [1.82, 2.24) is 4.98 Å². The topological polar surface area (TPSA) is 42.4 Å². The molecule has 0 aliphatic carbocycles. The molecule has 0 fully saturated rings. The molecule has 0 spiro atoms. The van der Waals surface area contributed by atoms with Gasteiger partial charge < -0.3 is 4.74 Å². The van der Waals surface area contributed by atoms with E-state index < -0.39 is 0 Å². The molecule has 2 aromatic carbocycles. The molecule has 142 valence electrons. The van der Waals surface area contributed by atoms with Crippen molar-refractivity contribution >= 4 is 32.6 Å². The standard InChI is InChI=1S/C22H26N2O2S/c1-17(2)16-26-15-13-21(25)24(14-12-18-8-4-3-5-9-18)22-23-19-10-6-7-11-20(19)27-22/h3-11,17H,12-16H2,1-2H3. The minimum atomic E-state index is 0.0637. The number of hydrogen-bond donors (Lipinski definition) is 0. The van der Waals surface area contributed by atoms with E-state index >= 15 is 0 Å². The number of para-hydroxylation sites is 1. The molecule has 3 aromatic rings. The highest BCUT2D eigenvalue weighted by atomic mass is 32.1. The van der Waals surface area contributed by atoms with Crippen LogP contribution in [0.5, 0.6) is 0 Å². The number of ether oxygens (including phenoxy) is 1. The Labute approximate surface area is 164 Å². The first-order valence-electron chi connectivity index (χ1n) is 9.41. The normalized spacial score (nSPS) is 11.2. The van der Waals surface area contributed by atoms with Crippen LogP contribution in [0.4, 0.5) is 5.13 Å². The first-order chi connectivity index (χ1) is 13.1. The Morgan fingerprint density at radius 2 is 1.85 bits per heavy atom. The molecule has 0 aliphatic heterocycles. The maximum absolute atomic E-state index is 12.9. The van der Waals surface area contributed by atoms with E-state index in [2.05, 4.69) is 31.0 Å². The number of aromatic nitrogens is 1. The van der Waals surface area contributed by atoms with Crippen LogP contribution >= 0.6 is 11.3 Å². The molecule has 0 unspecified atom stereocenters. The van der Waals surface area contributed by atoms with Crippen LogP contribution in [0.25, 0.3) is 10.2 Å². The molecule has 1 amide bonds. The molecular weight excluding hydrogens is 356 g/mol. The molecule has 0 saturated heterocycles. The largest absolute Gasteiger partial charge is 0.381 e. The van der Waals surface area contributed by atoms with Gasteiger partial charge in [-0.1, -0.05) is 67.6 Å². The van der Waals surface area contributed by atoms with Crippen molar-refractivity contribution in [2.24, 2.45) is 5.92 Å². The number of rotatable bonds is 9. The molecule has 0 radical (unpaired) electrons. The van der Waals surface area contributed by atoms with Crippen LogP contribution in [0.3, 0.4) is 0 Å². The van der Waals surface area contributed by atoms with Crippen LogP contribution in [0.2, 0.25) is 0 Å². The smallest absolute Gasteiger partial charge is 0.231 e. The number of hydrogen-bond acceptors (Lipinski definition) is 4. The fourth-order valence-corrected chi connectivity index (χ4v) is 3.81. The van der Waals surface area contributed by atoms with Crippen molar-refractivity contribution in [3.05, 3.63) is 60.2 Å². The zero-order valence-electron chi connectivity index (χ0n) is 15.9. The van der Waals surface area contributed by atoms with E-state index in [1.165, 1.54) is 5.56 Å². The lowest BCUT2D eigenvalue weighted by molar-refractivity contribution is -0.119. The van der Waals surface area contributed by atoms with E-state index in [1.54, 1.807) is 11.3 Å². The number of benzene rings is 2. The second-order valence-electron chi connectivity index (χ2n) is 6.96. The highest BCUT2D eigenvalue weighted by molar-refractivity contribution is 7.22. The van der Waals surface area contributed by atoms with Gasteiger partial charge in [0, 0.05) is 13.2 Å². The fraction of sp³-hybridized carbons (Fsp3) is 0.364. The number of amides is 1. The van der Waals surface area contributed by atoms with Crippen molar-refractivity contribution in [3.8, 4) is 0 Å². The molecule has 1 heterocycles. The van der Waals surface area contributed by atoms with Gasteiger partial charge in [-0.3, -0.25) is 9.69 Å². The molecule has 4 nitrogen and oxygen atoms in total. The van der Waals surface area contributed by atoms with E-state index in [4.69, 9.17) is 4.74 Å². The van der Waals surface area contributed by atoms with Crippen LogP contribution in [-0.4, -0.2) is 30.6 Å². The molecule has 0 bridgehead atoms. The second-order valence-corrected chi connectivity index (χ2v) is 7.97. The van der Waals surface area contributed by atoms with Crippen LogP contribution in [0, 0.1) is 5.92 Å². The Kier molecular flexibility index (Phi) is 6.96. The Balaban J connectivity index is 1.72. The minimum absolute atomic E-state index is 0.0637. The van der Waals surface area contributed by atoms with Gasteiger partial charge in [-0.15, -0.1) is 0 Å². The number of fused-ring (bicyclic) bond motifs is 1. The maximum atomic E-state index is 12.9. The number of thiazole rings is 1. The van der Waals surface area contributed by atoms with Gasteiger partial charge in [0.15, 0.2) is 5.13 Å². The van der Waals surface area contributed by atoms with E-state index in [9.17, 15) is 4.79 Å². The van der Waals surface area contributed by atoms with E-state index in [0.717, 1.165) is 21.8 Å². The monoisotopic (exact) mass is 382 g/mol. The average molecular weight is 383 g/mol. The third-order valence-corrected chi connectivity index (χ3v) is 5.25. The summed E-state index contributed by atoms with van der Waals surface area (Å²) in [6.07, 6.45) is 1.17. The van der Waals surface area contributed by atoms with Gasteiger partial charge in [0.05, 0.1) is 23.2 Å². The molecule has 0 aliphatic rings. The summed E-state index contributed by atoms with van der Waals surface area (Å²) in [6, 6.07) is 18.2. The van der Waals surface area contributed by atoms with E-state index in [-0.39, 0.29) is 5.91 Å². The summed E-state index contributed by atoms with van der Waals surface area (Å²) in [5, 5.41) is 0.765. The van der Waals surface area contributed by atoms with Crippen LogP contribution < -0.4 is 4.90 Å². The van der Waals surface area contributed by atoms with Crippen molar-refractivity contribution in [2.45, 2.75) is 26.7 Å². The molecule has 5 heteroatoms. The third kappa shape index (κ3) is 5.62. The molecular formula is C22H26N2O2S. The number of carbonyl (C=O) groups is 1. The lowest BCUT2D eigenvalue weighted by Crippen LogP contribution is -2.33. The van der Waals surface area contributed by atoms with Gasteiger partial charge in [0.1, 0.15) is 0 Å². The number of nitrogens with zero attached hydrogens (tertiary/aromatic N) is 2. The summed E-state index contributed by atoms with van der Waals surface area (Å²) in [7, 11) is 0. The quantitative estimate of drug-likeness (QED) is 0.493. The summed E-state index contributed by atoms with van der Waals surface area (Å²) in [6.45, 7) is 5.96. The van der Waals surface area contributed by atoms with Gasteiger partial charge in [0.2, 0.25) is 5.91 Å². The summed E-state index contributed by atoms with van der Waals surface area (Å²) in [5.41, 5.74) is 2.15. The Morgan fingerprint density at radius 1 is 1.11 bits per heavy atom. The number of carbonyl (C=O) groups excluding carboxylic acids is 1. The maximum Gasteiger partial charge on any atom is 0.231 e. The predicted molar refractivity (Wildman–Crippen MR) is 112 cm³/mol. The van der Waals surface area contributed by atoms with Crippen molar-refractivity contribution in [1.29, 1.82) is 0 Å². The van der Waals surface area contributed by atoms with Crippen molar-refractivity contribution in [3.63, 3.8) is 0 Å². The SMILES string of the molecule is CC(C)COCCC(=O)N(CCc1ccccc1)c1nc2ccccc2s1. The summed E-state index contributed by atoms with van der Waals surface area (Å²) < 4.78 is 6.71. The summed E-state index contributed by atoms with van der Waals surface area (Å²) >= 11 is 1.57. The second kappa shape index (κ2) is 9.62. The molecule has 27 heavy (non-hydrogen) atoms. The van der Waals surface area contributed by atoms with Crippen LogP contribution in [0.1, 0.15) is 25.8 Å². The van der Waals surface area contributed by atoms with Crippen molar-refractivity contribution in [2.75, 3.05) is 24.7 Å². The first-order valence-corrected chi connectivity index (χ1v) is 10.2. The zero-order chi connectivity index (χ0) is 19.1. The Morgan fingerprint density at radius 3 is 2.59 bits per heavy atom. The average Bonchev–Trinajstić information content (AvgIpc) is 3.10. The highest BCUT2D eigenvalue weighted by Crippen LogP contribution is 2.29. The summed E-state index contributed by atoms with van der Waals surface area (Å²) in [4.78, 5) is 19.4. The van der Waals surface area contributed by atoms with Gasteiger partial charge in [0.25, 0.3) is 0 Å². The fourth-order valence-electron chi connectivity index (χ4n) is 2.80. The highest BCUT2D eigenvalue weighted by Gasteiger charge is 2.19. The third-order valence-electron chi connectivity index (χ3n) is 4.19. The van der Waals surface area contributed by atoms with Crippen molar-refractivity contribution < 1.29 is 9.53 Å². The lowest BCUT2D eigenvalue weighted by Gasteiger charge is -2.20. The first kappa shape index (κ1) is 19.5. The van der Waals surface area contributed by atoms with Gasteiger partial charge in [-0.2, -0.15) is 0 Å². The Bertz CT molecular complexity index is 828. The molecule has 0 atom stereocenters. The van der Waals surface area contributed by atoms with Crippen LogP contribution in [0.15, 0.2) is 54.6 Å². The van der Waals surface area contributed by atoms with E-state index in [0.29, 0.717) is 32.1 Å². The minimum Gasteiger partial charge on any atom is -0.381 e. The van der Waals surface area contributed by atoms with E-state index in [1.807, 2.05) is 47.4 Å². The molecule has 1 aromatic heterocycles. The Hall–Kier alpha value is -2.24. The predicted octanol–water partition coefficient (Wildman–Crippen LogP) is 4.93. The summed E-state index contributed by atoms with van der Waals surface area (Å²) in [5.74, 6) is 0.535. The number of anilines is 1. The molecule has 0 N–H and O–H groups in total. The zero-order valence-corrected chi connectivity index (χ0v) is 16.7. The van der Waals surface area contributed by atoms with Crippen LogP contribution in [-0.2, 0) is 16.0 Å². The van der Waals surface area contributed by atoms with Gasteiger partial charge in [-0.05, 0) is 30.0 Å². The van der Waals surface area contributed by atoms with Gasteiger partial charge in [-0.25, -0.2) is 4.98 Å². The molecule has 0 saturated carbocycles. The molecule has 3 rings (SSSR count). The van der Waals surface area contributed by atoms with Gasteiger partial charge >= 0.3 is 0 Å². The lowest BCUT2D eigenvalue weighted by atomic mass is 10.1.